The number of benzene rings is 2. The van der Waals surface area contributed by atoms with E-state index >= 15 is 0 Å². The summed E-state index contributed by atoms with van der Waals surface area (Å²) in [7, 11) is 0. The lowest BCUT2D eigenvalue weighted by molar-refractivity contribution is 0.174. The lowest BCUT2D eigenvalue weighted by Crippen LogP contribution is -2.45. The van der Waals surface area contributed by atoms with Crippen molar-refractivity contribution in [3.05, 3.63) is 69.5 Å². The van der Waals surface area contributed by atoms with Crippen molar-refractivity contribution in [1.82, 2.24) is 14.8 Å². The summed E-state index contributed by atoms with van der Waals surface area (Å²) in [5.74, 6) is 0.742. The average Bonchev–Trinajstić information content (AvgIpc) is 3.28. The molecule has 1 aliphatic heterocycles. The molecule has 0 radical (unpaired) electrons. The maximum Gasteiger partial charge on any atom is 0.322 e. The molecule has 2 amide bonds. The van der Waals surface area contributed by atoms with Gasteiger partial charge in [-0.2, -0.15) is 0 Å². The predicted octanol–water partition coefficient (Wildman–Crippen LogP) is 5.10. The van der Waals surface area contributed by atoms with E-state index in [0.29, 0.717) is 29.4 Å². The van der Waals surface area contributed by atoms with Gasteiger partial charge in [-0.3, -0.25) is 9.69 Å². The number of para-hydroxylation sites is 1. The van der Waals surface area contributed by atoms with Gasteiger partial charge in [0.15, 0.2) is 0 Å². The molecule has 7 nitrogen and oxygen atoms in total. The van der Waals surface area contributed by atoms with Crippen LogP contribution in [0.25, 0.3) is 10.9 Å². The van der Waals surface area contributed by atoms with Crippen molar-refractivity contribution in [1.29, 1.82) is 0 Å². The fourth-order valence-corrected chi connectivity index (χ4v) is 4.74. The van der Waals surface area contributed by atoms with Crippen LogP contribution >= 0.6 is 11.6 Å². The molecule has 2 aromatic carbocycles. The van der Waals surface area contributed by atoms with Gasteiger partial charge < -0.3 is 19.9 Å². The van der Waals surface area contributed by atoms with Crippen molar-refractivity contribution in [3.63, 3.8) is 0 Å². The monoisotopic (exact) mass is 482 g/mol. The summed E-state index contributed by atoms with van der Waals surface area (Å²) < 4.78 is 5.61. The van der Waals surface area contributed by atoms with Gasteiger partial charge in [0, 0.05) is 29.1 Å². The molecule has 0 spiro atoms. The van der Waals surface area contributed by atoms with Crippen molar-refractivity contribution < 1.29 is 9.53 Å². The van der Waals surface area contributed by atoms with Crippen molar-refractivity contribution >= 4 is 34.2 Å². The van der Waals surface area contributed by atoms with Crippen molar-refractivity contribution in [3.8, 4) is 5.75 Å². The first-order valence-electron chi connectivity index (χ1n) is 11.8. The van der Waals surface area contributed by atoms with E-state index in [1.807, 2.05) is 43.3 Å². The van der Waals surface area contributed by atoms with Gasteiger partial charge in [0.25, 0.3) is 5.56 Å². The van der Waals surface area contributed by atoms with Crippen LogP contribution < -0.4 is 15.6 Å². The standard InChI is InChI=1S/C26H31ClN4O3/c1-3-30-13-7-8-20(30)17-31(26(33)29-24-10-6-5-9-22(24)27)16-19-14-18-15-21(34-4-2)11-12-23(18)28-25(19)32/h5-6,9-12,14-15,20H,3-4,7-8,13,16-17H2,1-2H3,(H,28,32)(H,29,33). The fraction of sp³-hybridized carbons (Fsp3) is 0.385. The van der Waals surface area contributed by atoms with Crippen molar-refractivity contribution in [2.24, 2.45) is 0 Å². The van der Waals surface area contributed by atoms with E-state index in [1.54, 1.807) is 17.0 Å². The topological polar surface area (TPSA) is 77.7 Å². The Morgan fingerprint density at radius 1 is 1.24 bits per heavy atom. The molecule has 1 aromatic heterocycles. The first kappa shape index (κ1) is 24.1. The number of rotatable bonds is 8. The second-order valence-corrected chi connectivity index (χ2v) is 8.93. The molecule has 1 saturated heterocycles. The Kier molecular flexibility index (Phi) is 7.75. The van der Waals surface area contributed by atoms with Gasteiger partial charge in [-0.25, -0.2) is 4.79 Å². The van der Waals surface area contributed by atoms with Crippen LogP contribution in [0.2, 0.25) is 5.02 Å². The number of fused-ring (bicyclic) bond motifs is 1. The molecule has 1 aliphatic rings. The van der Waals surface area contributed by atoms with Crippen molar-refractivity contribution in [2.75, 3.05) is 31.6 Å². The van der Waals surface area contributed by atoms with Gasteiger partial charge in [0.05, 0.1) is 23.9 Å². The number of ether oxygens (including phenoxy) is 1. The van der Waals surface area contributed by atoms with E-state index < -0.39 is 0 Å². The van der Waals surface area contributed by atoms with E-state index in [-0.39, 0.29) is 24.2 Å². The van der Waals surface area contributed by atoms with E-state index in [2.05, 4.69) is 22.1 Å². The summed E-state index contributed by atoms with van der Waals surface area (Å²) in [4.78, 5) is 33.3. The first-order valence-corrected chi connectivity index (χ1v) is 12.2. The summed E-state index contributed by atoms with van der Waals surface area (Å²) in [6, 6.07) is 14.6. The van der Waals surface area contributed by atoms with Gasteiger partial charge in [-0.05, 0) is 69.3 Å². The third-order valence-corrected chi connectivity index (χ3v) is 6.63. The molecule has 4 rings (SSSR count). The normalized spacial score (nSPS) is 16.0. The second kappa shape index (κ2) is 10.9. The van der Waals surface area contributed by atoms with Crippen LogP contribution in [0.5, 0.6) is 5.75 Å². The Labute approximate surface area is 204 Å². The van der Waals surface area contributed by atoms with Crippen LogP contribution in [0.4, 0.5) is 10.5 Å². The number of likely N-dealkylation sites (N-methyl/N-ethyl adjacent to an activating group) is 1. The number of carbonyl (C=O) groups is 1. The molecule has 0 aliphatic carbocycles. The lowest BCUT2D eigenvalue weighted by Gasteiger charge is -2.30. The maximum absolute atomic E-state index is 13.4. The minimum Gasteiger partial charge on any atom is -0.494 e. The Balaban J connectivity index is 1.63. The molecule has 1 atom stereocenters. The number of aromatic nitrogens is 1. The minimum atomic E-state index is -0.279. The second-order valence-electron chi connectivity index (χ2n) is 8.52. The number of pyridine rings is 1. The molecular weight excluding hydrogens is 452 g/mol. The minimum absolute atomic E-state index is 0.189. The van der Waals surface area contributed by atoms with Crippen LogP contribution in [0.15, 0.2) is 53.3 Å². The quantitative estimate of drug-likeness (QED) is 0.468. The zero-order chi connectivity index (χ0) is 24.1. The molecule has 180 valence electrons. The maximum atomic E-state index is 13.4. The Bertz CT molecular complexity index is 1210. The molecular formula is C26H31ClN4O3. The number of hydrogen-bond donors (Lipinski definition) is 2. The highest BCUT2D eigenvalue weighted by Crippen LogP contribution is 2.24. The molecule has 34 heavy (non-hydrogen) atoms. The molecule has 1 unspecified atom stereocenters. The largest absolute Gasteiger partial charge is 0.494 e. The first-order chi connectivity index (χ1) is 16.5. The third kappa shape index (κ3) is 5.54. The lowest BCUT2D eigenvalue weighted by atomic mass is 10.1. The number of nitrogens with zero attached hydrogens (tertiary/aromatic N) is 2. The Hall–Kier alpha value is -3.03. The summed E-state index contributed by atoms with van der Waals surface area (Å²) in [5.41, 5.74) is 1.60. The highest BCUT2D eigenvalue weighted by molar-refractivity contribution is 6.33. The molecule has 0 saturated carbocycles. The summed E-state index contributed by atoms with van der Waals surface area (Å²) >= 11 is 6.27. The number of likely N-dealkylation sites (tertiary alicyclic amines) is 1. The molecule has 8 heteroatoms. The van der Waals surface area contributed by atoms with Crippen molar-refractivity contribution in [2.45, 2.75) is 39.3 Å². The molecule has 3 aromatic rings. The third-order valence-electron chi connectivity index (χ3n) is 6.30. The van der Waals surface area contributed by atoms with Crippen LogP contribution in [-0.4, -0.2) is 53.1 Å². The number of H-pyrrole nitrogens is 1. The highest BCUT2D eigenvalue weighted by Gasteiger charge is 2.28. The summed E-state index contributed by atoms with van der Waals surface area (Å²) in [6.45, 7) is 7.30. The van der Waals surface area contributed by atoms with Crippen LogP contribution in [0, 0.1) is 0 Å². The molecule has 1 fully saturated rings. The zero-order valence-electron chi connectivity index (χ0n) is 19.6. The van der Waals surface area contributed by atoms with Gasteiger partial charge in [0.2, 0.25) is 0 Å². The SMILES string of the molecule is CCOc1ccc2[nH]c(=O)c(CN(CC3CCCN3CC)C(=O)Nc3ccccc3Cl)cc2c1. The number of carbonyl (C=O) groups excluding carboxylic acids is 1. The van der Waals surface area contributed by atoms with Gasteiger partial charge in [-0.15, -0.1) is 0 Å². The summed E-state index contributed by atoms with van der Waals surface area (Å²) in [6.07, 6.45) is 2.13. The summed E-state index contributed by atoms with van der Waals surface area (Å²) in [5, 5.41) is 4.26. The van der Waals surface area contributed by atoms with Gasteiger partial charge in [-0.1, -0.05) is 30.7 Å². The molecule has 2 N–H and O–H groups in total. The number of amides is 2. The number of hydrogen-bond acceptors (Lipinski definition) is 4. The molecule has 2 heterocycles. The Morgan fingerprint density at radius 3 is 2.82 bits per heavy atom. The number of urea groups is 1. The van der Waals surface area contributed by atoms with E-state index in [4.69, 9.17) is 16.3 Å². The average molecular weight is 483 g/mol. The van der Waals surface area contributed by atoms with E-state index in [0.717, 1.165) is 42.6 Å². The van der Waals surface area contributed by atoms with Gasteiger partial charge in [0.1, 0.15) is 5.75 Å². The Morgan fingerprint density at radius 2 is 2.06 bits per heavy atom. The predicted molar refractivity (Wildman–Crippen MR) is 137 cm³/mol. The van der Waals surface area contributed by atoms with Crippen LogP contribution in [0.3, 0.4) is 0 Å². The number of aromatic amines is 1. The fourth-order valence-electron chi connectivity index (χ4n) is 4.56. The molecule has 0 bridgehead atoms. The zero-order valence-corrected chi connectivity index (χ0v) is 20.4. The van der Waals surface area contributed by atoms with E-state index in [9.17, 15) is 9.59 Å². The number of nitrogens with one attached hydrogen (secondary N) is 2. The highest BCUT2D eigenvalue weighted by atomic mass is 35.5. The smallest absolute Gasteiger partial charge is 0.322 e. The van der Waals surface area contributed by atoms with Gasteiger partial charge >= 0.3 is 6.03 Å². The van der Waals surface area contributed by atoms with Crippen LogP contribution in [-0.2, 0) is 6.54 Å². The number of anilines is 1. The van der Waals surface area contributed by atoms with Crippen LogP contribution in [0.1, 0.15) is 32.3 Å². The number of halogens is 1. The van der Waals surface area contributed by atoms with E-state index in [1.165, 1.54) is 0 Å².